The summed E-state index contributed by atoms with van der Waals surface area (Å²) in [5.41, 5.74) is 0.958. The van der Waals surface area contributed by atoms with E-state index in [9.17, 15) is 20.4 Å². The number of hydrogen-bond acceptors (Lipinski definition) is 6. The van der Waals surface area contributed by atoms with Crippen molar-refractivity contribution in [2.24, 2.45) is 0 Å². The molecule has 1 fully saturated rings. The van der Waals surface area contributed by atoms with E-state index in [-0.39, 0.29) is 5.75 Å². The van der Waals surface area contributed by atoms with Crippen LogP contribution in [0.4, 0.5) is 0 Å². The van der Waals surface area contributed by atoms with Crippen LogP contribution in [0, 0.1) is 0 Å². The number of phenols is 1. The molecule has 1 heterocycles. The topological polar surface area (TPSA) is 110 Å². The second-order valence-electron chi connectivity index (χ2n) is 5.07. The fraction of sp³-hybridized carbons (Fsp3) is 0.571. The van der Waals surface area contributed by atoms with Crippen molar-refractivity contribution < 1.29 is 30.3 Å². The van der Waals surface area contributed by atoms with Gasteiger partial charge in [0.25, 0.3) is 0 Å². The summed E-state index contributed by atoms with van der Waals surface area (Å²) >= 11 is 0. The SMILES string of the molecule is OC[C@H]1OC(CCc2ccc(O)cc2)[C@@H](O)[C@@H](O)[C@@H]1O. The maximum absolute atomic E-state index is 9.89. The van der Waals surface area contributed by atoms with Crippen LogP contribution >= 0.6 is 0 Å². The summed E-state index contributed by atoms with van der Waals surface area (Å²) in [6.45, 7) is -0.416. The van der Waals surface area contributed by atoms with Crippen LogP contribution in [0.3, 0.4) is 0 Å². The summed E-state index contributed by atoms with van der Waals surface area (Å²) < 4.78 is 5.42. The third-order valence-corrected chi connectivity index (χ3v) is 3.65. The van der Waals surface area contributed by atoms with Gasteiger partial charge in [0.15, 0.2) is 0 Å². The number of hydrogen-bond donors (Lipinski definition) is 5. The molecular formula is C14H20O6. The van der Waals surface area contributed by atoms with Gasteiger partial charge in [-0.3, -0.25) is 0 Å². The summed E-state index contributed by atoms with van der Waals surface area (Å²) in [6.07, 6.45) is -4.33. The lowest BCUT2D eigenvalue weighted by Gasteiger charge is -2.40. The molecule has 20 heavy (non-hydrogen) atoms. The molecule has 5 atom stereocenters. The first-order chi connectivity index (χ1) is 9.52. The summed E-state index contributed by atoms with van der Waals surface area (Å²) in [6, 6.07) is 6.67. The molecule has 1 aliphatic rings. The fourth-order valence-corrected chi connectivity index (χ4v) is 2.39. The maximum atomic E-state index is 9.89. The Bertz CT molecular complexity index is 418. The molecule has 0 spiro atoms. The molecular weight excluding hydrogens is 264 g/mol. The third kappa shape index (κ3) is 3.28. The lowest BCUT2D eigenvalue weighted by Crippen LogP contribution is -2.58. The van der Waals surface area contributed by atoms with E-state index >= 15 is 0 Å². The molecule has 1 aromatic carbocycles. The van der Waals surface area contributed by atoms with Crippen LogP contribution in [0.2, 0.25) is 0 Å². The Morgan fingerprint density at radius 1 is 0.900 bits per heavy atom. The summed E-state index contributed by atoms with van der Waals surface area (Å²) in [5.74, 6) is 0.182. The highest BCUT2D eigenvalue weighted by Crippen LogP contribution is 2.24. The van der Waals surface area contributed by atoms with Crippen LogP contribution in [0.15, 0.2) is 24.3 Å². The highest BCUT2D eigenvalue weighted by molar-refractivity contribution is 5.26. The summed E-state index contributed by atoms with van der Waals surface area (Å²) in [7, 11) is 0. The summed E-state index contributed by atoms with van der Waals surface area (Å²) in [4.78, 5) is 0. The monoisotopic (exact) mass is 284 g/mol. The molecule has 1 aliphatic heterocycles. The van der Waals surface area contributed by atoms with Gasteiger partial charge in [0.2, 0.25) is 0 Å². The largest absolute Gasteiger partial charge is 0.508 e. The lowest BCUT2D eigenvalue weighted by atomic mass is 9.92. The van der Waals surface area contributed by atoms with Crippen molar-refractivity contribution in [3.05, 3.63) is 29.8 Å². The van der Waals surface area contributed by atoms with Gasteiger partial charge in [-0.2, -0.15) is 0 Å². The van der Waals surface area contributed by atoms with Crippen molar-refractivity contribution in [2.75, 3.05) is 6.61 Å². The number of aromatic hydroxyl groups is 1. The van der Waals surface area contributed by atoms with Gasteiger partial charge in [-0.05, 0) is 30.5 Å². The molecule has 0 aromatic heterocycles. The Labute approximate surface area is 116 Å². The Balaban J connectivity index is 1.95. The van der Waals surface area contributed by atoms with Crippen LogP contribution in [-0.2, 0) is 11.2 Å². The smallest absolute Gasteiger partial charge is 0.115 e. The number of benzene rings is 1. The molecule has 2 rings (SSSR count). The van der Waals surface area contributed by atoms with Gasteiger partial charge < -0.3 is 30.3 Å². The van der Waals surface area contributed by atoms with Crippen molar-refractivity contribution in [3.63, 3.8) is 0 Å². The number of rotatable bonds is 4. The fourth-order valence-electron chi connectivity index (χ4n) is 2.39. The number of ether oxygens (including phenoxy) is 1. The van der Waals surface area contributed by atoms with E-state index in [1.165, 1.54) is 0 Å². The second-order valence-corrected chi connectivity index (χ2v) is 5.07. The zero-order valence-corrected chi connectivity index (χ0v) is 11.0. The first-order valence-electron chi connectivity index (χ1n) is 6.61. The van der Waals surface area contributed by atoms with Gasteiger partial charge in [-0.25, -0.2) is 0 Å². The lowest BCUT2D eigenvalue weighted by molar-refractivity contribution is -0.230. The average Bonchev–Trinajstić information content (AvgIpc) is 2.46. The minimum atomic E-state index is -1.33. The molecule has 1 saturated heterocycles. The van der Waals surface area contributed by atoms with Crippen molar-refractivity contribution in [2.45, 2.75) is 43.4 Å². The first kappa shape index (κ1) is 15.2. The molecule has 0 amide bonds. The molecule has 112 valence electrons. The van der Waals surface area contributed by atoms with Crippen molar-refractivity contribution in [3.8, 4) is 5.75 Å². The van der Waals surface area contributed by atoms with E-state index in [1.54, 1.807) is 24.3 Å². The van der Waals surface area contributed by atoms with Crippen LogP contribution in [0.5, 0.6) is 5.75 Å². The number of aliphatic hydroxyl groups excluding tert-OH is 4. The molecule has 0 radical (unpaired) electrons. The molecule has 1 aromatic rings. The van der Waals surface area contributed by atoms with Crippen LogP contribution in [0.1, 0.15) is 12.0 Å². The van der Waals surface area contributed by atoms with Gasteiger partial charge in [0.05, 0.1) is 12.7 Å². The Hall–Kier alpha value is -1.18. The van der Waals surface area contributed by atoms with Crippen molar-refractivity contribution in [1.29, 1.82) is 0 Å². The molecule has 0 bridgehead atoms. The highest BCUT2D eigenvalue weighted by Gasteiger charge is 2.42. The predicted molar refractivity (Wildman–Crippen MR) is 70.2 cm³/mol. The Morgan fingerprint density at radius 3 is 2.10 bits per heavy atom. The average molecular weight is 284 g/mol. The maximum Gasteiger partial charge on any atom is 0.115 e. The van der Waals surface area contributed by atoms with E-state index in [2.05, 4.69) is 0 Å². The van der Waals surface area contributed by atoms with Gasteiger partial charge in [-0.1, -0.05) is 12.1 Å². The van der Waals surface area contributed by atoms with Gasteiger partial charge in [0, 0.05) is 0 Å². The quantitative estimate of drug-likeness (QED) is 0.493. The number of aliphatic hydroxyl groups is 4. The van der Waals surface area contributed by atoms with E-state index < -0.39 is 37.1 Å². The third-order valence-electron chi connectivity index (χ3n) is 3.65. The molecule has 0 aliphatic carbocycles. The van der Waals surface area contributed by atoms with Gasteiger partial charge >= 0.3 is 0 Å². The van der Waals surface area contributed by atoms with Crippen molar-refractivity contribution in [1.82, 2.24) is 0 Å². The Kier molecular flexibility index (Phi) is 4.95. The first-order valence-corrected chi connectivity index (χ1v) is 6.61. The van der Waals surface area contributed by atoms with Gasteiger partial charge in [0.1, 0.15) is 30.2 Å². The predicted octanol–water partition coefficient (Wildman–Crippen LogP) is -0.833. The highest BCUT2D eigenvalue weighted by atomic mass is 16.5. The van der Waals surface area contributed by atoms with Crippen LogP contribution in [-0.4, -0.2) is 62.7 Å². The zero-order valence-electron chi connectivity index (χ0n) is 11.0. The van der Waals surface area contributed by atoms with E-state index in [1.807, 2.05) is 0 Å². The minimum absolute atomic E-state index is 0.182. The van der Waals surface area contributed by atoms with E-state index in [4.69, 9.17) is 9.84 Å². The minimum Gasteiger partial charge on any atom is -0.508 e. The van der Waals surface area contributed by atoms with Gasteiger partial charge in [-0.15, -0.1) is 0 Å². The number of aryl methyl sites for hydroxylation is 1. The van der Waals surface area contributed by atoms with Crippen LogP contribution in [0.25, 0.3) is 0 Å². The zero-order chi connectivity index (χ0) is 14.7. The van der Waals surface area contributed by atoms with E-state index in [0.717, 1.165) is 5.56 Å². The normalized spacial score (nSPS) is 34.1. The molecule has 1 unspecified atom stereocenters. The second kappa shape index (κ2) is 6.51. The van der Waals surface area contributed by atoms with E-state index in [0.29, 0.717) is 12.8 Å². The summed E-state index contributed by atoms with van der Waals surface area (Å²) in [5, 5.41) is 47.5. The number of phenolic OH excluding ortho intramolecular Hbond substituents is 1. The molecule has 0 saturated carbocycles. The standard InChI is InChI=1S/C14H20O6/c15-7-11-13(18)14(19)12(17)10(20-11)6-3-8-1-4-9(16)5-2-8/h1-2,4-5,10-19H,3,6-7H2/t10?,11-,12-,13-,14-/m1/s1. The molecule has 6 nitrogen and oxygen atoms in total. The Morgan fingerprint density at radius 2 is 1.50 bits per heavy atom. The molecule has 5 N–H and O–H groups in total. The van der Waals surface area contributed by atoms with Crippen molar-refractivity contribution >= 4 is 0 Å². The van der Waals surface area contributed by atoms with Crippen LogP contribution < -0.4 is 0 Å². The molecule has 6 heteroatoms.